The molecule has 0 radical (unpaired) electrons. The van der Waals surface area contributed by atoms with E-state index in [4.69, 9.17) is 41.9 Å². The lowest BCUT2D eigenvalue weighted by Gasteiger charge is -2.29. The Morgan fingerprint density at radius 1 is 0.630 bits per heavy atom. The van der Waals surface area contributed by atoms with Crippen LogP contribution in [-0.4, -0.2) is 60.3 Å². The maximum absolute atomic E-state index is 5.95. The van der Waals surface area contributed by atoms with Gasteiger partial charge in [0.25, 0.3) is 0 Å². The van der Waals surface area contributed by atoms with Crippen molar-refractivity contribution in [3.63, 3.8) is 0 Å². The van der Waals surface area contributed by atoms with Crippen molar-refractivity contribution < 1.29 is 18.9 Å². The topological polar surface area (TPSA) is 199 Å². The van der Waals surface area contributed by atoms with Crippen molar-refractivity contribution in [3.8, 4) is 34.5 Å². The number of hydrogen-bond acceptors (Lipinski definition) is 14. The maximum Gasteiger partial charge on any atom is 0.222 e. The van der Waals surface area contributed by atoms with Gasteiger partial charge in [-0.2, -0.15) is 9.97 Å². The van der Waals surface area contributed by atoms with Gasteiger partial charge in [0.1, 0.15) is 36.2 Å². The van der Waals surface area contributed by atoms with E-state index in [0.717, 1.165) is 47.1 Å². The summed E-state index contributed by atoms with van der Waals surface area (Å²) in [5, 5.41) is 0. The minimum Gasteiger partial charge on any atom is -0.489 e. The number of rotatable bonds is 6. The van der Waals surface area contributed by atoms with Crippen LogP contribution in [0.2, 0.25) is 0 Å². The Kier molecular flexibility index (Phi) is 9.26. The monoisotopic (exact) mass is 630 g/mol. The van der Waals surface area contributed by atoms with Crippen molar-refractivity contribution in [1.82, 2.24) is 19.9 Å². The van der Waals surface area contributed by atoms with Gasteiger partial charge in [0, 0.05) is 26.2 Å². The smallest absolute Gasteiger partial charge is 0.222 e. The Morgan fingerprint density at radius 2 is 1.02 bits per heavy atom. The minimum atomic E-state index is 0.120. The highest BCUT2D eigenvalue weighted by Crippen LogP contribution is 2.43. The van der Waals surface area contributed by atoms with Gasteiger partial charge in [0.15, 0.2) is 23.1 Å². The average Bonchev–Trinajstić information content (AvgIpc) is 3.00. The highest BCUT2D eigenvalue weighted by atomic mass is 16.5. The molecule has 8 N–H and O–H groups in total. The molecule has 0 atom stereocenters. The van der Waals surface area contributed by atoms with Crippen molar-refractivity contribution in [2.45, 2.75) is 39.5 Å². The molecule has 0 amide bonds. The number of nitrogen functional groups attached to an aromatic ring is 4. The first-order valence-corrected chi connectivity index (χ1v) is 15.1. The molecule has 0 spiro atoms. The Bertz CT molecular complexity index is 1590. The summed E-state index contributed by atoms with van der Waals surface area (Å²) in [6.07, 6.45) is 2.96. The van der Waals surface area contributed by atoms with Gasteiger partial charge in [0.05, 0.1) is 36.9 Å². The zero-order valence-corrected chi connectivity index (χ0v) is 27.1. The fraction of sp³-hybridized carbons (Fsp3) is 0.375. The molecule has 2 aromatic carbocycles. The highest BCUT2D eigenvalue weighted by molar-refractivity contribution is 5.67. The van der Waals surface area contributed by atoms with Crippen LogP contribution in [-0.2, 0) is 0 Å². The first-order chi connectivity index (χ1) is 21.9. The van der Waals surface area contributed by atoms with Crippen molar-refractivity contribution >= 4 is 34.9 Å². The highest BCUT2D eigenvalue weighted by Gasteiger charge is 2.23. The Balaban J connectivity index is 0.000000181. The molecule has 244 valence electrons. The molecule has 2 aliphatic heterocycles. The van der Waals surface area contributed by atoms with Crippen LogP contribution in [0.3, 0.4) is 0 Å². The second-order valence-electron chi connectivity index (χ2n) is 11.7. The van der Waals surface area contributed by atoms with Crippen molar-refractivity contribution in [1.29, 1.82) is 0 Å². The third kappa shape index (κ3) is 6.95. The standard InChI is InChI=1S/2C16H21N5O2/c2*1-9(2)10-6-11-13(22-5-4-21(11)3)7-12(10)23-14-8-19-16(18)20-15(14)17/h2*6-9H,4-5H2,1-3H3,(H4,17,18,19,20). The van der Waals surface area contributed by atoms with E-state index < -0.39 is 0 Å². The Morgan fingerprint density at radius 3 is 1.37 bits per heavy atom. The van der Waals surface area contributed by atoms with E-state index in [2.05, 4.69) is 83.7 Å². The van der Waals surface area contributed by atoms with Crippen LogP contribution < -0.4 is 51.7 Å². The second kappa shape index (κ2) is 13.3. The number of fused-ring (bicyclic) bond motifs is 2. The second-order valence-corrected chi connectivity index (χ2v) is 11.7. The quantitative estimate of drug-likeness (QED) is 0.227. The number of hydrogen-bond donors (Lipinski definition) is 4. The Labute approximate surface area is 268 Å². The molecule has 2 aromatic heterocycles. The fourth-order valence-corrected chi connectivity index (χ4v) is 5.06. The predicted molar refractivity (Wildman–Crippen MR) is 180 cm³/mol. The van der Waals surface area contributed by atoms with Crippen LogP contribution in [0.1, 0.15) is 50.7 Å². The van der Waals surface area contributed by atoms with E-state index >= 15 is 0 Å². The third-order valence-corrected chi connectivity index (χ3v) is 7.66. The molecule has 0 unspecified atom stereocenters. The van der Waals surface area contributed by atoms with E-state index in [1.165, 1.54) is 12.4 Å². The predicted octanol–water partition coefficient (Wildman–Crippen LogP) is 4.77. The molecule has 0 saturated heterocycles. The van der Waals surface area contributed by atoms with Gasteiger partial charge in [-0.25, -0.2) is 9.97 Å². The van der Waals surface area contributed by atoms with E-state index in [9.17, 15) is 0 Å². The molecule has 4 aromatic rings. The van der Waals surface area contributed by atoms with Crippen LogP contribution in [0.5, 0.6) is 34.5 Å². The summed E-state index contributed by atoms with van der Waals surface area (Å²) in [6.45, 7) is 11.5. The van der Waals surface area contributed by atoms with Gasteiger partial charge in [-0.05, 0) is 35.1 Å². The van der Waals surface area contributed by atoms with E-state index in [-0.39, 0.29) is 35.4 Å². The van der Waals surface area contributed by atoms with Gasteiger partial charge < -0.3 is 51.7 Å². The number of aromatic nitrogens is 4. The largest absolute Gasteiger partial charge is 0.489 e. The van der Waals surface area contributed by atoms with Crippen LogP contribution in [0, 0.1) is 0 Å². The summed E-state index contributed by atoms with van der Waals surface area (Å²) >= 11 is 0. The first-order valence-electron chi connectivity index (χ1n) is 15.1. The van der Waals surface area contributed by atoms with E-state index in [1.54, 1.807) is 0 Å². The number of ether oxygens (including phenoxy) is 4. The minimum absolute atomic E-state index is 0.120. The number of likely N-dealkylation sites (N-methyl/N-ethyl adjacent to an activating group) is 2. The summed E-state index contributed by atoms with van der Waals surface area (Å²) in [7, 11) is 4.11. The first kappa shape index (κ1) is 32.0. The average molecular weight is 631 g/mol. The summed E-state index contributed by atoms with van der Waals surface area (Å²) in [5.74, 6) is 4.96. The van der Waals surface area contributed by atoms with Crippen LogP contribution in [0.25, 0.3) is 0 Å². The molecule has 0 aliphatic carbocycles. The van der Waals surface area contributed by atoms with E-state index in [1.807, 2.05) is 12.1 Å². The SMILES string of the molecule is CC(C)c1cc2c(cc1Oc1cnc(N)nc1N)OCCN2C.CC(C)c1cc2c(cc1Oc1cnc(N)nc1N)OCCN2C. The van der Waals surface area contributed by atoms with Gasteiger partial charge >= 0.3 is 0 Å². The zero-order chi connectivity index (χ0) is 33.1. The van der Waals surface area contributed by atoms with Crippen molar-refractivity contribution in [2.75, 3.05) is 73.1 Å². The van der Waals surface area contributed by atoms with Gasteiger partial charge in [0.2, 0.25) is 11.9 Å². The lowest BCUT2D eigenvalue weighted by Crippen LogP contribution is -2.29. The van der Waals surface area contributed by atoms with Gasteiger partial charge in [-0.3, -0.25) is 0 Å². The number of benzene rings is 2. The summed E-state index contributed by atoms with van der Waals surface area (Å²) in [5.41, 5.74) is 27.0. The lowest BCUT2D eigenvalue weighted by molar-refractivity contribution is 0.309. The fourth-order valence-electron chi connectivity index (χ4n) is 5.06. The summed E-state index contributed by atoms with van der Waals surface area (Å²) in [6, 6.07) is 8.00. The molecule has 2 aliphatic rings. The molecule has 6 rings (SSSR count). The number of nitrogens with zero attached hydrogens (tertiary/aromatic N) is 6. The molecule has 0 fully saturated rings. The molecular formula is C32H42N10O4. The van der Waals surface area contributed by atoms with Crippen molar-refractivity contribution in [2.24, 2.45) is 0 Å². The molecular weight excluding hydrogens is 588 g/mol. The van der Waals surface area contributed by atoms with Crippen molar-refractivity contribution in [3.05, 3.63) is 47.8 Å². The number of nitrogens with two attached hydrogens (primary N) is 4. The molecule has 4 heterocycles. The van der Waals surface area contributed by atoms with Crippen LogP contribution >= 0.6 is 0 Å². The van der Waals surface area contributed by atoms with E-state index in [0.29, 0.717) is 36.2 Å². The van der Waals surface area contributed by atoms with Crippen LogP contribution in [0.4, 0.5) is 34.9 Å². The molecule has 14 heteroatoms. The van der Waals surface area contributed by atoms with Crippen LogP contribution in [0.15, 0.2) is 36.7 Å². The molecule has 0 saturated carbocycles. The van der Waals surface area contributed by atoms with Gasteiger partial charge in [-0.15, -0.1) is 0 Å². The molecule has 46 heavy (non-hydrogen) atoms. The maximum atomic E-state index is 5.95. The molecule has 14 nitrogen and oxygen atoms in total. The number of anilines is 6. The zero-order valence-electron chi connectivity index (χ0n) is 27.1. The third-order valence-electron chi connectivity index (χ3n) is 7.66. The normalized spacial score (nSPS) is 13.7. The molecule has 0 bridgehead atoms. The summed E-state index contributed by atoms with van der Waals surface area (Å²) < 4.78 is 23.4. The summed E-state index contributed by atoms with van der Waals surface area (Å²) in [4.78, 5) is 20.1. The Hall–Kier alpha value is -5.40. The van der Waals surface area contributed by atoms with Gasteiger partial charge in [-0.1, -0.05) is 27.7 Å². The lowest BCUT2D eigenvalue weighted by atomic mass is 10.00.